The lowest BCUT2D eigenvalue weighted by atomic mass is 10.1. The number of carbonyl (C=O) groups excluding carboxylic acids is 1. The SMILES string of the molecule is C[C@@H](c1ccccc1)N(CCc1nc(-c2ccc(N(C)C)cc2)no1)C(=O)c1cccs1. The Bertz CT molecular complexity index is 1140. The highest BCUT2D eigenvalue weighted by Crippen LogP contribution is 2.25. The van der Waals surface area contributed by atoms with Crippen molar-refractivity contribution in [2.45, 2.75) is 19.4 Å². The standard InChI is InChI=1S/C25H26N4O2S/c1-18(19-8-5-4-6-9-19)29(25(30)22-10-7-17-32-22)16-15-23-26-24(27-31-23)20-11-13-21(14-12-20)28(2)3/h4-14,17-18H,15-16H2,1-3H3/t18-/m0/s1. The number of thiophene rings is 1. The summed E-state index contributed by atoms with van der Waals surface area (Å²) in [4.78, 5) is 22.4. The number of nitrogens with zero attached hydrogens (tertiary/aromatic N) is 4. The molecule has 2 aromatic carbocycles. The zero-order chi connectivity index (χ0) is 22.5. The Morgan fingerprint density at radius 2 is 1.78 bits per heavy atom. The van der Waals surface area contributed by atoms with E-state index in [2.05, 4.69) is 10.1 Å². The van der Waals surface area contributed by atoms with Gasteiger partial charge in [-0.1, -0.05) is 41.6 Å². The van der Waals surface area contributed by atoms with Crippen molar-refractivity contribution in [3.63, 3.8) is 0 Å². The van der Waals surface area contributed by atoms with Crippen LogP contribution in [0.5, 0.6) is 0 Å². The zero-order valence-electron chi connectivity index (χ0n) is 18.4. The fraction of sp³-hybridized carbons (Fsp3) is 0.240. The van der Waals surface area contributed by atoms with Gasteiger partial charge in [0.05, 0.1) is 10.9 Å². The molecule has 1 atom stereocenters. The molecule has 0 spiro atoms. The number of rotatable bonds is 8. The number of hydrogen-bond acceptors (Lipinski definition) is 6. The van der Waals surface area contributed by atoms with Gasteiger partial charge >= 0.3 is 0 Å². The van der Waals surface area contributed by atoms with E-state index in [1.165, 1.54) is 11.3 Å². The topological polar surface area (TPSA) is 62.5 Å². The Morgan fingerprint density at radius 3 is 2.44 bits per heavy atom. The summed E-state index contributed by atoms with van der Waals surface area (Å²) in [5, 5.41) is 6.06. The van der Waals surface area contributed by atoms with Gasteiger partial charge < -0.3 is 14.3 Å². The third kappa shape index (κ3) is 4.89. The van der Waals surface area contributed by atoms with Gasteiger partial charge in [0.2, 0.25) is 11.7 Å². The highest BCUT2D eigenvalue weighted by molar-refractivity contribution is 7.12. The van der Waals surface area contributed by atoms with E-state index in [-0.39, 0.29) is 11.9 Å². The molecule has 0 aliphatic carbocycles. The maximum atomic E-state index is 13.2. The molecule has 0 N–H and O–H groups in total. The third-order valence-electron chi connectivity index (χ3n) is 5.42. The van der Waals surface area contributed by atoms with Crippen molar-refractivity contribution in [1.29, 1.82) is 0 Å². The van der Waals surface area contributed by atoms with Crippen molar-refractivity contribution in [2.75, 3.05) is 25.5 Å². The van der Waals surface area contributed by atoms with Gasteiger partial charge in [0.1, 0.15) is 0 Å². The van der Waals surface area contributed by atoms with E-state index < -0.39 is 0 Å². The second-order valence-electron chi connectivity index (χ2n) is 7.77. The van der Waals surface area contributed by atoms with Gasteiger partial charge in [-0.15, -0.1) is 11.3 Å². The van der Waals surface area contributed by atoms with E-state index in [0.717, 1.165) is 21.7 Å². The molecule has 0 radical (unpaired) electrons. The first kappa shape index (κ1) is 21.8. The largest absolute Gasteiger partial charge is 0.378 e. The van der Waals surface area contributed by atoms with Crippen LogP contribution >= 0.6 is 11.3 Å². The molecule has 4 aromatic rings. The highest BCUT2D eigenvalue weighted by atomic mass is 32.1. The summed E-state index contributed by atoms with van der Waals surface area (Å²) < 4.78 is 5.50. The maximum absolute atomic E-state index is 13.2. The summed E-state index contributed by atoms with van der Waals surface area (Å²) >= 11 is 1.45. The molecule has 164 valence electrons. The average molecular weight is 447 g/mol. The minimum Gasteiger partial charge on any atom is -0.378 e. The van der Waals surface area contributed by atoms with Crippen molar-refractivity contribution in [3.05, 3.63) is 88.4 Å². The number of hydrogen-bond donors (Lipinski definition) is 0. The summed E-state index contributed by atoms with van der Waals surface area (Å²) in [7, 11) is 4.00. The molecule has 0 fully saturated rings. The van der Waals surface area contributed by atoms with E-state index in [1.807, 2.05) is 103 Å². The van der Waals surface area contributed by atoms with Crippen molar-refractivity contribution < 1.29 is 9.32 Å². The van der Waals surface area contributed by atoms with Crippen LogP contribution in [0.1, 0.15) is 34.1 Å². The number of benzene rings is 2. The molecule has 4 rings (SSSR count). The number of carbonyl (C=O) groups is 1. The minimum absolute atomic E-state index is 0.00960. The van der Waals surface area contributed by atoms with Crippen molar-refractivity contribution >= 4 is 22.9 Å². The lowest BCUT2D eigenvalue weighted by Crippen LogP contribution is -2.35. The Morgan fingerprint density at radius 1 is 1.03 bits per heavy atom. The van der Waals surface area contributed by atoms with Crippen LogP contribution in [0, 0.1) is 0 Å². The van der Waals surface area contributed by atoms with Crippen LogP contribution in [0.15, 0.2) is 76.6 Å². The van der Waals surface area contributed by atoms with Crippen molar-refractivity contribution in [1.82, 2.24) is 15.0 Å². The first-order chi connectivity index (χ1) is 15.5. The first-order valence-electron chi connectivity index (χ1n) is 10.5. The van der Waals surface area contributed by atoms with E-state index >= 15 is 0 Å². The predicted molar refractivity (Wildman–Crippen MR) is 128 cm³/mol. The Hall–Kier alpha value is -3.45. The maximum Gasteiger partial charge on any atom is 0.264 e. The summed E-state index contributed by atoms with van der Waals surface area (Å²) in [5.74, 6) is 1.08. The van der Waals surface area contributed by atoms with Gasteiger partial charge in [0, 0.05) is 38.3 Å². The molecule has 6 nitrogen and oxygen atoms in total. The lowest BCUT2D eigenvalue weighted by Gasteiger charge is -2.29. The van der Waals surface area contributed by atoms with Crippen LogP contribution in [-0.4, -0.2) is 41.6 Å². The van der Waals surface area contributed by atoms with Crippen LogP contribution in [0.4, 0.5) is 5.69 Å². The lowest BCUT2D eigenvalue weighted by molar-refractivity contribution is 0.0694. The van der Waals surface area contributed by atoms with Gasteiger partial charge in [-0.3, -0.25) is 4.79 Å². The summed E-state index contributed by atoms with van der Waals surface area (Å²) in [6.07, 6.45) is 0.483. The quantitative estimate of drug-likeness (QED) is 0.367. The smallest absolute Gasteiger partial charge is 0.264 e. The van der Waals surface area contributed by atoms with Crippen LogP contribution in [0.2, 0.25) is 0 Å². The highest BCUT2D eigenvalue weighted by Gasteiger charge is 2.24. The van der Waals surface area contributed by atoms with E-state index in [0.29, 0.717) is 24.7 Å². The summed E-state index contributed by atoms with van der Waals surface area (Å²) in [5.41, 5.74) is 3.09. The molecular weight excluding hydrogens is 420 g/mol. The first-order valence-corrected chi connectivity index (χ1v) is 11.4. The van der Waals surface area contributed by atoms with Gasteiger partial charge in [-0.05, 0) is 48.2 Å². The second kappa shape index (κ2) is 9.78. The molecule has 0 aliphatic heterocycles. The fourth-order valence-corrected chi connectivity index (χ4v) is 4.20. The van der Waals surface area contributed by atoms with Crippen molar-refractivity contribution in [3.8, 4) is 11.4 Å². The van der Waals surface area contributed by atoms with E-state index in [9.17, 15) is 4.79 Å². The van der Waals surface area contributed by atoms with Crippen LogP contribution in [0.25, 0.3) is 11.4 Å². The van der Waals surface area contributed by atoms with E-state index in [1.54, 1.807) is 0 Å². The Labute approximate surface area is 192 Å². The van der Waals surface area contributed by atoms with E-state index in [4.69, 9.17) is 4.52 Å². The molecule has 2 aromatic heterocycles. The van der Waals surface area contributed by atoms with Crippen LogP contribution in [0.3, 0.4) is 0 Å². The number of anilines is 1. The molecular formula is C25H26N4O2S. The molecule has 0 aliphatic rings. The molecule has 1 amide bonds. The zero-order valence-corrected chi connectivity index (χ0v) is 19.2. The van der Waals surface area contributed by atoms with Gasteiger partial charge in [-0.25, -0.2) is 0 Å². The number of aromatic nitrogens is 2. The molecule has 32 heavy (non-hydrogen) atoms. The van der Waals surface area contributed by atoms with Gasteiger partial charge in [-0.2, -0.15) is 4.98 Å². The average Bonchev–Trinajstić information content (AvgIpc) is 3.52. The molecule has 0 saturated carbocycles. The molecule has 0 saturated heterocycles. The van der Waals surface area contributed by atoms with Crippen molar-refractivity contribution in [2.24, 2.45) is 0 Å². The molecule has 0 unspecified atom stereocenters. The fourth-order valence-electron chi connectivity index (χ4n) is 3.52. The predicted octanol–water partition coefficient (Wildman–Crippen LogP) is 5.31. The summed E-state index contributed by atoms with van der Waals surface area (Å²) in [6.45, 7) is 2.53. The minimum atomic E-state index is -0.0771. The molecule has 2 heterocycles. The Kier molecular flexibility index (Phi) is 6.66. The monoisotopic (exact) mass is 446 g/mol. The normalized spacial score (nSPS) is 11.8. The van der Waals surface area contributed by atoms with Gasteiger partial charge in [0.25, 0.3) is 5.91 Å². The van der Waals surface area contributed by atoms with Gasteiger partial charge in [0.15, 0.2) is 0 Å². The van der Waals surface area contributed by atoms with Crippen LogP contribution < -0.4 is 4.90 Å². The summed E-state index contributed by atoms with van der Waals surface area (Å²) in [6, 6.07) is 21.7. The third-order valence-corrected chi connectivity index (χ3v) is 6.28. The molecule has 0 bridgehead atoms. The Balaban J connectivity index is 1.50. The molecule has 7 heteroatoms. The second-order valence-corrected chi connectivity index (χ2v) is 8.71. The number of amides is 1. The van der Waals surface area contributed by atoms with Crippen LogP contribution in [-0.2, 0) is 6.42 Å².